The van der Waals surface area contributed by atoms with Crippen molar-refractivity contribution in [3.8, 4) is 22.3 Å². The lowest BCUT2D eigenvalue weighted by atomic mass is 9.80. The zero-order valence-electron chi connectivity index (χ0n) is 20.2. The van der Waals surface area contributed by atoms with E-state index in [1.165, 1.54) is 44.2 Å². The molecule has 6 aromatic rings. The minimum Gasteiger partial charge on any atom is -0.456 e. The van der Waals surface area contributed by atoms with Gasteiger partial charge in [-0.1, -0.05) is 86.6 Å². The Kier molecular flexibility index (Phi) is 4.97. The van der Waals surface area contributed by atoms with Crippen LogP contribution < -0.4 is 5.32 Å². The lowest BCUT2D eigenvalue weighted by Crippen LogP contribution is -2.15. The highest BCUT2D eigenvalue weighted by Gasteiger charge is 2.38. The first-order valence-corrected chi connectivity index (χ1v) is 12.1. The van der Waals surface area contributed by atoms with Crippen molar-refractivity contribution in [2.45, 2.75) is 19.3 Å². The van der Waals surface area contributed by atoms with Gasteiger partial charge in [-0.25, -0.2) is 0 Å². The van der Waals surface area contributed by atoms with Crippen LogP contribution in [0, 0.1) is 0 Å². The van der Waals surface area contributed by atoms with E-state index in [2.05, 4.69) is 116 Å². The van der Waals surface area contributed by atoms with Crippen molar-refractivity contribution in [3.63, 3.8) is 0 Å². The number of hydrogen-bond acceptors (Lipinski definition) is 2. The number of hydrogen-bond donors (Lipinski definition) is 1. The van der Waals surface area contributed by atoms with Crippen molar-refractivity contribution >= 4 is 33.3 Å². The second-order valence-corrected chi connectivity index (χ2v) is 9.91. The van der Waals surface area contributed by atoms with Crippen molar-refractivity contribution in [2.75, 3.05) is 5.32 Å². The van der Waals surface area contributed by atoms with Crippen LogP contribution in [0.3, 0.4) is 0 Å². The second kappa shape index (κ2) is 8.10. The van der Waals surface area contributed by atoms with E-state index in [9.17, 15) is 0 Å². The number of para-hydroxylation sites is 1. The van der Waals surface area contributed by atoms with Crippen LogP contribution in [0.15, 0.2) is 114 Å². The first-order valence-electron chi connectivity index (χ1n) is 12.1. The summed E-state index contributed by atoms with van der Waals surface area (Å²) in [6, 6.07) is 38.6. The molecule has 1 aliphatic carbocycles. The van der Waals surface area contributed by atoms with Gasteiger partial charge in [0.1, 0.15) is 11.2 Å². The minimum absolute atomic E-state index is 0. The molecule has 36 heavy (non-hydrogen) atoms. The molecule has 0 saturated carbocycles. The molecule has 0 radical (unpaired) electrons. The monoisotopic (exact) mass is 471 g/mol. The highest BCUT2D eigenvalue weighted by Crippen LogP contribution is 2.53. The Morgan fingerprint density at radius 2 is 1.28 bits per heavy atom. The average molecular weight is 472 g/mol. The molecule has 0 bridgehead atoms. The molecule has 0 fully saturated rings. The van der Waals surface area contributed by atoms with Gasteiger partial charge in [0.2, 0.25) is 0 Å². The fourth-order valence-electron chi connectivity index (χ4n) is 5.74. The molecule has 5 aromatic carbocycles. The quantitative estimate of drug-likeness (QED) is 0.278. The van der Waals surface area contributed by atoms with E-state index in [-0.39, 0.29) is 10.1 Å². The maximum atomic E-state index is 6.20. The second-order valence-electron chi connectivity index (χ2n) is 9.91. The summed E-state index contributed by atoms with van der Waals surface area (Å²) >= 11 is 0. The minimum atomic E-state index is -0.133. The molecular weight excluding hydrogens is 445 g/mol. The molecule has 0 amide bonds. The van der Waals surface area contributed by atoms with E-state index in [0.717, 1.165) is 22.5 Å². The van der Waals surface area contributed by atoms with Gasteiger partial charge in [0.15, 0.2) is 0 Å². The van der Waals surface area contributed by atoms with E-state index in [4.69, 9.17) is 4.42 Å². The van der Waals surface area contributed by atoms with Crippen molar-refractivity contribution in [3.05, 3.63) is 120 Å². The number of anilines is 2. The molecule has 176 valence electrons. The summed E-state index contributed by atoms with van der Waals surface area (Å²) in [6.07, 6.45) is 0. The van der Waals surface area contributed by atoms with Crippen LogP contribution in [-0.2, 0) is 5.41 Å². The van der Waals surface area contributed by atoms with Crippen LogP contribution in [0.4, 0.5) is 16.1 Å². The summed E-state index contributed by atoms with van der Waals surface area (Å²) in [5.74, 6) is 0. The van der Waals surface area contributed by atoms with Crippen LogP contribution in [0.1, 0.15) is 25.0 Å². The largest absolute Gasteiger partial charge is 0.456 e. The standard InChI is InChI=1S/C33H25NO.FH/c1-33(2)28-20-24(34-23-14-12-22(13-15-23)21-8-4-3-5-9-21)16-17-25(28)26-18-19-30-31(32(26)33)27-10-6-7-11-29(27)35-30;/h3-20,34H,1-2H3;1H. The Balaban J connectivity index is 0.00000240. The molecule has 0 atom stereocenters. The van der Waals surface area contributed by atoms with Gasteiger partial charge in [-0.2, -0.15) is 0 Å². The molecule has 0 unspecified atom stereocenters. The summed E-state index contributed by atoms with van der Waals surface area (Å²) < 4.78 is 6.20. The third-order valence-electron chi connectivity index (χ3n) is 7.43. The number of nitrogens with one attached hydrogen (secondary N) is 1. The summed E-state index contributed by atoms with van der Waals surface area (Å²) in [4.78, 5) is 0. The van der Waals surface area contributed by atoms with E-state index >= 15 is 0 Å². The van der Waals surface area contributed by atoms with Crippen molar-refractivity contribution in [1.29, 1.82) is 0 Å². The first kappa shape index (κ1) is 22.1. The normalized spacial score (nSPS) is 13.3. The molecule has 0 spiro atoms. The average Bonchev–Trinajstić information content (AvgIpc) is 3.37. The Morgan fingerprint density at radius 3 is 2.08 bits per heavy atom. The predicted molar refractivity (Wildman–Crippen MR) is 149 cm³/mol. The van der Waals surface area contributed by atoms with Gasteiger partial charge < -0.3 is 9.73 Å². The van der Waals surface area contributed by atoms with Gasteiger partial charge in [0.05, 0.1) is 0 Å². The Morgan fingerprint density at radius 1 is 0.611 bits per heavy atom. The summed E-state index contributed by atoms with van der Waals surface area (Å²) in [6.45, 7) is 4.66. The molecule has 0 saturated heterocycles. The summed E-state index contributed by atoms with van der Waals surface area (Å²) in [7, 11) is 0. The lowest BCUT2D eigenvalue weighted by molar-refractivity contribution is 0.657. The third-order valence-corrected chi connectivity index (χ3v) is 7.43. The number of rotatable bonds is 3. The smallest absolute Gasteiger partial charge is 0.135 e. The SMILES string of the molecule is CC1(C)c2cc(Nc3ccc(-c4ccccc4)cc3)ccc2-c2ccc3oc4ccccc4c3c21.F. The van der Waals surface area contributed by atoms with Crippen LogP contribution in [0.5, 0.6) is 0 Å². The third kappa shape index (κ3) is 3.24. The number of furan rings is 1. The van der Waals surface area contributed by atoms with E-state index in [0.29, 0.717) is 0 Å². The van der Waals surface area contributed by atoms with Gasteiger partial charge in [-0.15, -0.1) is 0 Å². The maximum absolute atomic E-state index is 6.20. The van der Waals surface area contributed by atoms with Gasteiger partial charge in [-0.3, -0.25) is 4.70 Å². The van der Waals surface area contributed by atoms with E-state index < -0.39 is 0 Å². The predicted octanol–water partition coefficient (Wildman–Crippen LogP) is 9.46. The molecule has 1 aromatic heterocycles. The Hall–Kier alpha value is -4.37. The molecule has 1 N–H and O–H groups in total. The van der Waals surface area contributed by atoms with Gasteiger partial charge in [-0.05, 0) is 69.8 Å². The zero-order valence-corrected chi connectivity index (χ0v) is 20.2. The van der Waals surface area contributed by atoms with Crippen molar-refractivity contribution in [1.82, 2.24) is 0 Å². The zero-order chi connectivity index (χ0) is 23.6. The van der Waals surface area contributed by atoms with Crippen molar-refractivity contribution < 1.29 is 9.12 Å². The summed E-state index contributed by atoms with van der Waals surface area (Å²) in [5, 5.41) is 6.05. The number of benzene rings is 5. The number of halogens is 1. The summed E-state index contributed by atoms with van der Waals surface area (Å²) in [5.41, 5.74) is 11.7. The van der Waals surface area contributed by atoms with Crippen LogP contribution >= 0.6 is 0 Å². The fourth-order valence-corrected chi connectivity index (χ4v) is 5.74. The lowest BCUT2D eigenvalue weighted by Gasteiger charge is -2.23. The fraction of sp³-hybridized carbons (Fsp3) is 0.0909. The van der Waals surface area contributed by atoms with E-state index in [1.54, 1.807) is 0 Å². The molecule has 1 aliphatic rings. The molecule has 7 rings (SSSR count). The Labute approximate surface area is 209 Å². The molecule has 1 heterocycles. The van der Waals surface area contributed by atoms with Crippen LogP contribution in [0.2, 0.25) is 0 Å². The topological polar surface area (TPSA) is 25.2 Å². The highest BCUT2D eigenvalue weighted by atomic mass is 19.0. The first-order chi connectivity index (χ1) is 17.1. The molecular formula is C33H26FNO. The van der Waals surface area contributed by atoms with Crippen LogP contribution in [-0.4, -0.2) is 0 Å². The molecule has 0 aliphatic heterocycles. The highest BCUT2D eigenvalue weighted by molar-refractivity contribution is 6.11. The number of fused-ring (bicyclic) bond motifs is 7. The Bertz CT molecular complexity index is 1730. The van der Waals surface area contributed by atoms with Gasteiger partial charge >= 0.3 is 0 Å². The molecule has 2 nitrogen and oxygen atoms in total. The van der Waals surface area contributed by atoms with Gasteiger partial charge in [0, 0.05) is 27.6 Å². The van der Waals surface area contributed by atoms with E-state index in [1.807, 2.05) is 12.1 Å². The van der Waals surface area contributed by atoms with Gasteiger partial charge in [0.25, 0.3) is 0 Å². The van der Waals surface area contributed by atoms with Crippen LogP contribution in [0.25, 0.3) is 44.2 Å². The maximum Gasteiger partial charge on any atom is 0.135 e. The molecule has 3 heteroatoms. The van der Waals surface area contributed by atoms with Crippen molar-refractivity contribution in [2.24, 2.45) is 0 Å².